The minimum Gasteiger partial charge on any atom is -0.228 e. The van der Waals surface area contributed by atoms with Crippen molar-refractivity contribution in [3.8, 4) is 56.2 Å². The van der Waals surface area contributed by atoms with Crippen molar-refractivity contribution in [2.75, 3.05) is 0 Å². The fraction of sp³-hybridized carbons (Fsp3) is 0.0588. The first-order chi connectivity index (χ1) is 26.5. The van der Waals surface area contributed by atoms with E-state index in [1.54, 1.807) is 0 Å². The van der Waals surface area contributed by atoms with Gasteiger partial charge in [0.25, 0.3) is 0 Å². The van der Waals surface area contributed by atoms with Crippen LogP contribution in [-0.2, 0) is 5.41 Å². The summed E-state index contributed by atoms with van der Waals surface area (Å²) in [7, 11) is 0. The Morgan fingerprint density at radius 2 is 1.02 bits per heavy atom. The van der Waals surface area contributed by atoms with Gasteiger partial charge in [-0.1, -0.05) is 147 Å². The fourth-order valence-electron chi connectivity index (χ4n) is 8.87. The van der Waals surface area contributed by atoms with Crippen LogP contribution in [0.2, 0.25) is 0 Å². The van der Waals surface area contributed by atoms with E-state index >= 15 is 0 Å². The Bertz CT molecular complexity index is 3130. The quantitative estimate of drug-likeness (QED) is 0.182. The highest BCUT2D eigenvalue weighted by molar-refractivity contribution is 7.25. The van der Waals surface area contributed by atoms with Gasteiger partial charge in [-0.05, 0) is 91.3 Å². The highest BCUT2D eigenvalue weighted by atomic mass is 32.1. The molecule has 10 aromatic rings. The molecule has 254 valence electrons. The second-order valence-corrected chi connectivity index (χ2v) is 16.0. The number of aromatic nitrogens is 2. The van der Waals surface area contributed by atoms with Crippen molar-refractivity contribution in [3.05, 3.63) is 181 Å². The third-order valence-electron chi connectivity index (χ3n) is 11.5. The summed E-state index contributed by atoms with van der Waals surface area (Å²) >= 11 is 1.84. The number of nitrogens with zero attached hydrogens (tertiary/aromatic N) is 2. The van der Waals surface area contributed by atoms with Crippen LogP contribution in [0.1, 0.15) is 25.0 Å². The van der Waals surface area contributed by atoms with Crippen LogP contribution in [0.5, 0.6) is 0 Å². The maximum absolute atomic E-state index is 5.33. The molecule has 2 aromatic heterocycles. The maximum atomic E-state index is 5.33. The predicted molar refractivity (Wildman–Crippen MR) is 229 cm³/mol. The smallest absolute Gasteiger partial charge is 0.161 e. The normalized spacial score (nSPS) is 13.1. The van der Waals surface area contributed by atoms with Crippen molar-refractivity contribution in [1.82, 2.24) is 9.97 Å². The van der Waals surface area contributed by atoms with Crippen molar-refractivity contribution in [2.45, 2.75) is 19.3 Å². The highest BCUT2D eigenvalue weighted by Crippen LogP contribution is 2.52. The number of hydrogen-bond donors (Lipinski definition) is 0. The maximum Gasteiger partial charge on any atom is 0.161 e. The van der Waals surface area contributed by atoms with E-state index in [0.717, 1.165) is 39.3 Å². The molecule has 0 saturated heterocycles. The lowest BCUT2D eigenvalue weighted by molar-refractivity contribution is 0.666. The molecule has 8 aromatic carbocycles. The van der Waals surface area contributed by atoms with Gasteiger partial charge in [0.2, 0.25) is 0 Å². The van der Waals surface area contributed by atoms with Crippen LogP contribution in [0.4, 0.5) is 0 Å². The molecular formula is C51H34N2S. The molecule has 0 aliphatic heterocycles. The highest BCUT2D eigenvalue weighted by Gasteiger charge is 2.37. The summed E-state index contributed by atoms with van der Waals surface area (Å²) in [4.78, 5) is 10.6. The number of rotatable bonds is 4. The Hall–Kier alpha value is -6.42. The zero-order chi connectivity index (χ0) is 36.0. The predicted octanol–water partition coefficient (Wildman–Crippen LogP) is 14.1. The van der Waals surface area contributed by atoms with E-state index in [1.165, 1.54) is 69.7 Å². The average Bonchev–Trinajstić information content (AvgIpc) is 3.71. The van der Waals surface area contributed by atoms with Gasteiger partial charge in [-0.2, -0.15) is 0 Å². The van der Waals surface area contributed by atoms with Crippen molar-refractivity contribution in [2.24, 2.45) is 0 Å². The molecule has 11 rings (SSSR count). The zero-order valence-corrected chi connectivity index (χ0v) is 30.8. The number of benzene rings is 8. The van der Waals surface area contributed by atoms with Crippen LogP contribution in [0, 0.1) is 0 Å². The minimum atomic E-state index is -0.127. The lowest BCUT2D eigenvalue weighted by Crippen LogP contribution is -2.15. The van der Waals surface area contributed by atoms with Crippen LogP contribution in [-0.4, -0.2) is 9.97 Å². The molecule has 0 amide bonds. The molecule has 0 spiro atoms. The molecule has 2 heterocycles. The van der Waals surface area contributed by atoms with E-state index in [9.17, 15) is 0 Å². The van der Waals surface area contributed by atoms with Gasteiger partial charge in [-0.15, -0.1) is 11.3 Å². The Labute approximate surface area is 318 Å². The molecule has 1 aliphatic rings. The first-order valence-electron chi connectivity index (χ1n) is 18.6. The van der Waals surface area contributed by atoms with E-state index in [-0.39, 0.29) is 5.41 Å². The van der Waals surface area contributed by atoms with Crippen molar-refractivity contribution in [1.29, 1.82) is 0 Å². The Morgan fingerprint density at radius 1 is 0.407 bits per heavy atom. The molecule has 0 atom stereocenters. The molecule has 0 fully saturated rings. The molecule has 1 aliphatic carbocycles. The van der Waals surface area contributed by atoms with Crippen molar-refractivity contribution < 1.29 is 0 Å². The molecule has 54 heavy (non-hydrogen) atoms. The fourth-order valence-corrected chi connectivity index (χ4v) is 9.96. The molecular weight excluding hydrogens is 673 g/mol. The Balaban J connectivity index is 1.07. The van der Waals surface area contributed by atoms with Crippen molar-refractivity contribution in [3.63, 3.8) is 0 Å². The Kier molecular flexibility index (Phi) is 6.80. The molecule has 0 N–H and O–H groups in total. The van der Waals surface area contributed by atoms with Crippen LogP contribution in [0.25, 0.3) is 97.9 Å². The van der Waals surface area contributed by atoms with E-state index in [4.69, 9.17) is 9.97 Å². The van der Waals surface area contributed by atoms with Crippen molar-refractivity contribution >= 4 is 53.1 Å². The lowest BCUT2D eigenvalue weighted by Gasteiger charge is -2.24. The third-order valence-corrected chi connectivity index (χ3v) is 12.6. The van der Waals surface area contributed by atoms with Crippen LogP contribution < -0.4 is 0 Å². The Morgan fingerprint density at radius 3 is 1.85 bits per heavy atom. The summed E-state index contributed by atoms with van der Waals surface area (Å²) in [6, 6.07) is 61.6. The summed E-state index contributed by atoms with van der Waals surface area (Å²) in [6.45, 7) is 4.75. The molecule has 0 radical (unpaired) electrons. The van der Waals surface area contributed by atoms with Crippen LogP contribution in [0.3, 0.4) is 0 Å². The van der Waals surface area contributed by atoms with Gasteiger partial charge >= 0.3 is 0 Å². The number of hydrogen-bond acceptors (Lipinski definition) is 3. The monoisotopic (exact) mass is 706 g/mol. The van der Waals surface area contributed by atoms with E-state index in [1.807, 2.05) is 11.3 Å². The van der Waals surface area contributed by atoms with Gasteiger partial charge in [0.15, 0.2) is 5.82 Å². The zero-order valence-electron chi connectivity index (χ0n) is 30.0. The molecule has 0 bridgehead atoms. The van der Waals surface area contributed by atoms with Gasteiger partial charge in [0.05, 0.1) is 11.4 Å². The second-order valence-electron chi connectivity index (χ2n) is 14.9. The number of fused-ring (bicyclic) bond motifs is 9. The topological polar surface area (TPSA) is 25.8 Å². The summed E-state index contributed by atoms with van der Waals surface area (Å²) in [6.07, 6.45) is 0. The molecule has 0 saturated carbocycles. The van der Waals surface area contributed by atoms with Gasteiger partial charge in [-0.25, -0.2) is 9.97 Å². The van der Waals surface area contributed by atoms with Gasteiger partial charge < -0.3 is 0 Å². The van der Waals surface area contributed by atoms with Crippen LogP contribution in [0.15, 0.2) is 170 Å². The van der Waals surface area contributed by atoms with Crippen LogP contribution >= 0.6 is 11.3 Å². The largest absolute Gasteiger partial charge is 0.228 e. The van der Waals surface area contributed by atoms with E-state index in [2.05, 4.69) is 184 Å². The molecule has 0 unspecified atom stereocenters. The summed E-state index contributed by atoms with van der Waals surface area (Å²) in [5.74, 6) is 0.724. The third kappa shape index (κ3) is 4.72. The van der Waals surface area contributed by atoms with Gasteiger partial charge in [-0.3, -0.25) is 0 Å². The van der Waals surface area contributed by atoms with Gasteiger partial charge in [0.1, 0.15) is 0 Å². The summed E-state index contributed by atoms with van der Waals surface area (Å²) < 4.78 is 2.58. The van der Waals surface area contributed by atoms with E-state index in [0.29, 0.717) is 0 Å². The summed E-state index contributed by atoms with van der Waals surface area (Å²) in [5, 5.41) is 7.51. The minimum absolute atomic E-state index is 0.127. The van der Waals surface area contributed by atoms with Gasteiger partial charge in [0, 0.05) is 42.3 Å². The SMILES string of the molecule is CC1(C)c2cc(-c3ccc(-c4nc(-c5ccccc5)cc(-c5ccc6sc7ccccc7c6c5)n4)c4ccccc34)ccc2-c2ccc3ccccc3c21. The summed E-state index contributed by atoms with van der Waals surface area (Å²) in [5.41, 5.74) is 12.8. The second kappa shape index (κ2) is 11.8. The lowest BCUT2D eigenvalue weighted by atomic mass is 9.79. The molecule has 3 heteroatoms. The average molecular weight is 707 g/mol. The van der Waals surface area contributed by atoms with E-state index < -0.39 is 0 Å². The first kappa shape index (κ1) is 31.1. The first-order valence-corrected chi connectivity index (χ1v) is 19.4. The molecule has 2 nitrogen and oxygen atoms in total. The standard InChI is InChI=1S/C51H34N2S/c1-51(2)44-29-33(21-23-39(44)41-24-20-31-12-6-7-15-36(31)49(41)51)35-25-26-42(38-17-9-8-16-37(35)38)50-52-45(32-13-4-3-5-14-32)30-46(53-50)34-22-27-48-43(28-34)40-18-10-11-19-47(40)54-48/h3-30H,1-2H3. The number of thiophene rings is 1.